The highest BCUT2D eigenvalue weighted by Gasteiger charge is 2.51. The monoisotopic (exact) mass is 504 g/mol. The third-order valence-electron chi connectivity index (χ3n) is 6.89. The number of unbranched alkanes of at least 4 members (excludes halogenated alkanes) is 3. The van der Waals surface area contributed by atoms with E-state index in [-0.39, 0.29) is 25.7 Å². The maximum absolute atomic E-state index is 13.3. The molecule has 1 heterocycles. The first-order valence-electron chi connectivity index (χ1n) is 13.0. The van der Waals surface area contributed by atoms with Crippen molar-refractivity contribution in [2.45, 2.75) is 83.1 Å². The molecular formula is C27H40N2O7. The SMILES string of the molecule is CCCCCCN(C(=O)CCC)C1C=C(C(=O)NCCO)C2c3cc(CO)cc(OC)c3OC2C1O. The number of hydrogen-bond donors (Lipinski definition) is 4. The molecule has 0 fully saturated rings. The van der Waals surface area contributed by atoms with Gasteiger partial charge in [0.05, 0.1) is 32.3 Å². The van der Waals surface area contributed by atoms with Crippen molar-refractivity contribution in [1.82, 2.24) is 10.2 Å². The Balaban J connectivity index is 2.06. The van der Waals surface area contributed by atoms with Gasteiger partial charge in [0.15, 0.2) is 11.5 Å². The van der Waals surface area contributed by atoms with E-state index in [2.05, 4.69) is 12.2 Å². The molecule has 4 atom stereocenters. The third-order valence-corrected chi connectivity index (χ3v) is 6.89. The van der Waals surface area contributed by atoms with Crippen molar-refractivity contribution in [3.63, 3.8) is 0 Å². The Labute approximate surface area is 213 Å². The predicted molar refractivity (Wildman–Crippen MR) is 135 cm³/mol. The number of benzene rings is 1. The summed E-state index contributed by atoms with van der Waals surface area (Å²) in [6.45, 7) is 4.17. The number of carbonyl (C=O) groups is 2. The minimum atomic E-state index is -1.08. The highest BCUT2D eigenvalue weighted by molar-refractivity contribution is 5.96. The molecule has 1 aromatic rings. The molecule has 1 aliphatic heterocycles. The zero-order chi connectivity index (χ0) is 26.2. The zero-order valence-electron chi connectivity index (χ0n) is 21.5. The first-order chi connectivity index (χ1) is 17.4. The van der Waals surface area contributed by atoms with E-state index in [4.69, 9.17) is 9.47 Å². The molecule has 0 radical (unpaired) electrons. The van der Waals surface area contributed by atoms with E-state index >= 15 is 0 Å². The molecule has 9 nitrogen and oxygen atoms in total. The van der Waals surface area contributed by atoms with Crippen LogP contribution >= 0.6 is 0 Å². The standard InChI is InChI=1S/C27H40N2O7/c1-4-6-7-8-11-29(22(32)9-5-2)20-15-19(27(34)28-10-12-30)23-18-13-17(16-31)14-21(35-3)25(18)36-26(23)24(20)33/h13-15,20,23-24,26,30-31,33H,4-12,16H2,1-3H3,(H,28,34). The Morgan fingerprint density at radius 1 is 1.14 bits per heavy atom. The second kappa shape index (κ2) is 13.1. The van der Waals surface area contributed by atoms with Crippen LogP contribution < -0.4 is 14.8 Å². The van der Waals surface area contributed by atoms with E-state index in [0.717, 1.165) is 25.7 Å². The van der Waals surface area contributed by atoms with Gasteiger partial charge >= 0.3 is 0 Å². The molecule has 2 aliphatic rings. The van der Waals surface area contributed by atoms with Crippen LogP contribution in [0.1, 0.15) is 69.4 Å². The molecule has 0 spiro atoms. The van der Waals surface area contributed by atoms with Gasteiger partial charge in [0.1, 0.15) is 12.2 Å². The molecule has 9 heteroatoms. The van der Waals surface area contributed by atoms with Gasteiger partial charge in [0.25, 0.3) is 0 Å². The van der Waals surface area contributed by atoms with E-state index < -0.39 is 30.1 Å². The van der Waals surface area contributed by atoms with Gasteiger partial charge in [-0.25, -0.2) is 0 Å². The Morgan fingerprint density at radius 2 is 1.92 bits per heavy atom. The summed E-state index contributed by atoms with van der Waals surface area (Å²) in [6, 6.07) is 2.69. The number of ether oxygens (including phenoxy) is 2. The molecular weight excluding hydrogens is 464 g/mol. The Kier molecular flexibility index (Phi) is 10.2. The van der Waals surface area contributed by atoms with Crippen molar-refractivity contribution in [2.24, 2.45) is 0 Å². The summed E-state index contributed by atoms with van der Waals surface area (Å²) in [5.41, 5.74) is 1.60. The van der Waals surface area contributed by atoms with Crippen LogP contribution in [0.25, 0.3) is 0 Å². The number of aliphatic hydroxyl groups excluding tert-OH is 3. The molecule has 0 saturated carbocycles. The molecule has 0 saturated heterocycles. The highest BCUT2D eigenvalue weighted by Crippen LogP contribution is 2.51. The van der Waals surface area contributed by atoms with Gasteiger partial charge in [0, 0.05) is 30.6 Å². The molecule has 0 bridgehead atoms. The lowest BCUT2D eigenvalue weighted by atomic mass is 9.77. The summed E-state index contributed by atoms with van der Waals surface area (Å²) in [5, 5.41) is 33.3. The maximum Gasteiger partial charge on any atom is 0.247 e. The van der Waals surface area contributed by atoms with Crippen molar-refractivity contribution in [3.05, 3.63) is 34.9 Å². The molecule has 2 amide bonds. The second-order valence-corrected chi connectivity index (χ2v) is 9.42. The van der Waals surface area contributed by atoms with E-state index in [1.165, 1.54) is 7.11 Å². The molecule has 200 valence electrons. The smallest absolute Gasteiger partial charge is 0.247 e. The quantitative estimate of drug-likeness (QED) is 0.303. The largest absolute Gasteiger partial charge is 0.493 e. The van der Waals surface area contributed by atoms with Crippen molar-refractivity contribution >= 4 is 11.8 Å². The first-order valence-corrected chi connectivity index (χ1v) is 13.0. The average molecular weight is 505 g/mol. The fourth-order valence-corrected chi connectivity index (χ4v) is 5.13. The number of fused-ring (bicyclic) bond motifs is 3. The fraction of sp³-hybridized carbons (Fsp3) is 0.630. The van der Waals surface area contributed by atoms with Gasteiger partial charge in [0.2, 0.25) is 11.8 Å². The summed E-state index contributed by atoms with van der Waals surface area (Å²) in [5.74, 6) is -0.260. The number of amides is 2. The fourth-order valence-electron chi connectivity index (χ4n) is 5.13. The Morgan fingerprint density at radius 3 is 2.56 bits per heavy atom. The van der Waals surface area contributed by atoms with Crippen LogP contribution in [0.3, 0.4) is 0 Å². The molecule has 4 N–H and O–H groups in total. The Hall–Kier alpha value is -2.62. The molecule has 36 heavy (non-hydrogen) atoms. The summed E-state index contributed by atoms with van der Waals surface area (Å²) >= 11 is 0. The van der Waals surface area contributed by atoms with E-state index in [1.807, 2.05) is 6.92 Å². The van der Waals surface area contributed by atoms with Gasteiger partial charge in [-0.3, -0.25) is 9.59 Å². The average Bonchev–Trinajstić information content (AvgIpc) is 3.27. The highest BCUT2D eigenvalue weighted by atomic mass is 16.5. The van der Waals surface area contributed by atoms with Crippen LogP contribution in [0.5, 0.6) is 11.5 Å². The number of methoxy groups -OCH3 is 1. The lowest BCUT2D eigenvalue weighted by Gasteiger charge is -2.41. The predicted octanol–water partition coefficient (Wildman–Crippen LogP) is 2.02. The van der Waals surface area contributed by atoms with Gasteiger partial charge in [-0.1, -0.05) is 33.1 Å². The van der Waals surface area contributed by atoms with Crippen molar-refractivity contribution in [1.29, 1.82) is 0 Å². The zero-order valence-corrected chi connectivity index (χ0v) is 21.5. The van der Waals surface area contributed by atoms with Gasteiger partial charge < -0.3 is 35.0 Å². The van der Waals surface area contributed by atoms with E-state index in [0.29, 0.717) is 47.6 Å². The maximum atomic E-state index is 13.3. The molecule has 1 aromatic carbocycles. The van der Waals surface area contributed by atoms with Gasteiger partial charge in [-0.15, -0.1) is 0 Å². The summed E-state index contributed by atoms with van der Waals surface area (Å²) in [7, 11) is 1.49. The summed E-state index contributed by atoms with van der Waals surface area (Å²) in [4.78, 5) is 28.1. The molecule has 4 unspecified atom stereocenters. The summed E-state index contributed by atoms with van der Waals surface area (Å²) in [6.07, 6.45) is 4.71. The van der Waals surface area contributed by atoms with Gasteiger partial charge in [-0.05, 0) is 36.6 Å². The van der Waals surface area contributed by atoms with Crippen molar-refractivity contribution in [2.75, 3.05) is 26.8 Å². The van der Waals surface area contributed by atoms with Crippen LogP contribution in [0.15, 0.2) is 23.8 Å². The second-order valence-electron chi connectivity index (χ2n) is 9.42. The molecule has 3 rings (SSSR count). The van der Waals surface area contributed by atoms with Crippen LogP contribution in [0.2, 0.25) is 0 Å². The lowest BCUT2D eigenvalue weighted by Crippen LogP contribution is -2.56. The van der Waals surface area contributed by atoms with E-state index in [9.17, 15) is 24.9 Å². The van der Waals surface area contributed by atoms with Crippen LogP contribution in [-0.4, -0.2) is 77.1 Å². The van der Waals surface area contributed by atoms with Crippen LogP contribution in [-0.2, 0) is 16.2 Å². The first kappa shape index (κ1) is 28.0. The molecule has 0 aromatic heterocycles. The lowest BCUT2D eigenvalue weighted by molar-refractivity contribution is -0.137. The number of aliphatic hydroxyl groups is 3. The Bertz CT molecular complexity index is 948. The number of hydrogen-bond acceptors (Lipinski definition) is 7. The number of nitrogens with zero attached hydrogens (tertiary/aromatic N) is 1. The topological polar surface area (TPSA) is 129 Å². The number of carbonyl (C=O) groups excluding carboxylic acids is 2. The minimum Gasteiger partial charge on any atom is -0.493 e. The van der Waals surface area contributed by atoms with Crippen molar-refractivity contribution < 1.29 is 34.4 Å². The van der Waals surface area contributed by atoms with Crippen LogP contribution in [0.4, 0.5) is 0 Å². The van der Waals surface area contributed by atoms with E-state index in [1.54, 1.807) is 23.1 Å². The normalized spacial score (nSPS) is 22.2. The third kappa shape index (κ3) is 5.85. The summed E-state index contributed by atoms with van der Waals surface area (Å²) < 4.78 is 11.7. The van der Waals surface area contributed by atoms with Crippen molar-refractivity contribution in [3.8, 4) is 11.5 Å². The number of nitrogens with one attached hydrogen (secondary N) is 1. The number of rotatable bonds is 13. The van der Waals surface area contributed by atoms with Crippen LogP contribution in [0, 0.1) is 0 Å². The van der Waals surface area contributed by atoms with Gasteiger partial charge in [-0.2, -0.15) is 0 Å². The molecule has 1 aliphatic carbocycles. The minimum absolute atomic E-state index is 0.0708.